The summed E-state index contributed by atoms with van der Waals surface area (Å²) in [4.78, 5) is 22.8. The van der Waals surface area contributed by atoms with Gasteiger partial charge in [0.05, 0.1) is 12.0 Å². The maximum absolute atomic E-state index is 11.6. The van der Waals surface area contributed by atoms with Crippen LogP contribution in [0.4, 0.5) is 0 Å². The van der Waals surface area contributed by atoms with E-state index in [0.29, 0.717) is 18.4 Å². The van der Waals surface area contributed by atoms with E-state index in [9.17, 15) is 9.59 Å². The van der Waals surface area contributed by atoms with Crippen molar-refractivity contribution in [1.29, 1.82) is 0 Å². The number of hydrogen-bond donors (Lipinski definition) is 0. The predicted molar refractivity (Wildman–Crippen MR) is 59.6 cm³/mol. The van der Waals surface area contributed by atoms with Crippen LogP contribution < -0.4 is 0 Å². The van der Waals surface area contributed by atoms with E-state index in [0.717, 1.165) is 6.42 Å². The molecule has 16 heavy (non-hydrogen) atoms. The molecular weight excluding hydrogens is 204 g/mol. The highest BCUT2D eigenvalue weighted by atomic mass is 16.5. The lowest BCUT2D eigenvalue weighted by Gasteiger charge is -2.38. The van der Waals surface area contributed by atoms with Crippen LogP contribution in [0.15, 0.2) is 12.2 Å². The first-order valence-electron chi connectivity index (χ1n) is 5.79. The van der Waals surface area contributed by atoms with Crippen molar-refractivity contribution in [1.82, 2.24) is 0 Å². The largest absolute Gasteiger partial charge is 0.465 e. The first-order chi connectivity index (χ1) is 7.39. The molecule has 2 rings (SSSR count). The van der Waals surface area contributed by atoms with Crippen LogP contribution in [0.3, 0.4) is 0 Å². The Balaban J connectivity index is 1.80. The van der Waals surface area contributed by atoms with Gasteiger partial charge in [-0.3, -0.25) is 9.59 Å². The minimum Gasteiger partial charge on any atom is -0.465 e. The summed E-state index contributed by atoms with van der Waals surface area (Å²) in [6, 6.07) is 0. The maximum Gasteiger partial charge on any atom is 0.311 e. The van der Waals surface area contributed by atoms with Gasteiger partial charge in [-0.15, -0.1) is 0 Å². The lowest BCUT2D eigenvalue weighted by Crippen LogP contribution is -2.40. The first-order valence-corrected chi connectivity index (χ1v) is 5.79. The minimum atomic E-state index is -0.440. The third kappa shape index (κ3) is 1.91. The summed E-state index contributed by atoms with van der Waals surface area (Å²) in [6.07, 6.45) is 4.50. The monoisotopic (exact) mass is 222 g/mol. The fraction of sp³-hybridized carbons (Fsp3) is 0.692. The number of ketones is 1. The van der Waals surface area contributed by atoms with Crippen LogP contribution in [0.2, 0.25) is 0 Å². The molecule has 1 fully saturated rings. The molecule has 3 nitrogen and oxygen atoms in total. The molecule has 0 aliphatic heterocycles. The van der Waals surface area contributed by atoms with Gasteiger partial charge in [0, 0.05) is 11.8 Å². The van der Waals surface area contributed by atoms with E-state index in [1.807, 2.05) is 26.8 Å². The third-order valence-electron chi connectivity index (χ3n) is 3.45. The lowest BCUT2D eigenvalue weighted by molar-refractivity contribution is -0.156. The molecule has 0 aromatic carbocycles. The fourth-order valence-electron chi connectivity index (χ4n) is 2.28. The lowest BCUT2D eigenvalue weighted by atomic mass is 9.66. The number of esters is 1. The fourth-order valence-corrected chi connectivity index (χ4v) is 2.28. The van der Waals surface area contributed by atoms with Crippen molar-refractivity contribution in [3.63, 3.8) is 0 Å². The highest BCUT2D eigenvalue weighted by molar-refractivity contribution is 5.95. The molecule has 88 valence electrons. The predicted octanol–water partition coefficient (Wildman–Crippen LogP) is 1.97. The Hall–Kier alpha value is -1.12. The zero-order chi connectivity index (χ0) is 11.9. The Morgan fingerprint density at radius 1 is 1.50 bits per heavy atom. The van der Waals surface area contributed by atoms with Crippen LogP contribution in [0.25, 0.3) is 0 Å². The number of hydrogen-bond acceptors (Lipinski definition) is 3. The maximum atomic E-state index is 11.6. The minimum absolute atomic E-state index is 0.163. The van der Waals surface area contributed by atoms with Gasteiger partial charge in [0.15, 0.2) is 5.78 Å². The van der Waals surface area contributed by atoms with Crippen LogP contribution in [0.1, 0.15) is 27.2 Å². The highest BCUT2D eigenvalue weighted by Gasteiger charge is 2.46. The molecule has 3 heteroatoms. The van der Waals surface area contributed by atoms with Crippen LogP contribution in [0, 0.1) is 23.2 Å². The van der Waals surface area contributed by atoms with Gasteiger partial charge in [-0.25, -0.2) is 0 Å². The highest BCUT2D eigenvalue weighted by Crippen LogP contribution is 2.45. The Labute approximate surface area is 95.9 Å². The summed E-state index contributed by atoms with van der Waals surface area (Å²) in [5, 5.41) is 0. The van der Waals surface area contributed by atoms with Crippen molar-refractivity contribution >= 4 is 11.8 Å². The van der Waals surface area contributed by atoms with Gasteiger partial charge in [0.1, 0.15) is 0 Å². The Kier molecular flexibility index (Phi) is 2.64. The first kappa shape index (κ1) is 11.4. The van der Waals surface area contributed by atoms with Gasteiger partial charge < -0.3 is 4.74 Å². The molecule has 0 saturated heterocycles. The number of carbonyl (C=O) groups is 2. The Bertz CT molecular complexity index is 349. The molecule has 0 spiro atoms. The van der Waals surface area contributed by atoms with Crippen molar-refractivity contribution < 1.29 is 14.3 Å². The van der Waals surface area contributed by atoms with Crippen LogP contribution in [-0.4, -0.2) is 18.4 Å². The van der Waals surface area contributed by atoms with E-state index in [4.69, 9.17) is 4.74 Å². The van der Waals surface area contributed by atoms with Gasteiger partial charge in [-0.1, -0.05) is 6.08 Å². The van der Waals surface area contributed by atoms with E-state index < -0.39 is 5.41 Å². The van der Waals surface area contributed by atoms with Gasteiger partial charge in [0.2, 0.25) is 0 Å². The number of ether oxygens (including phenoxy) is 1. The molecule has 2 aliphatic carbocycles. The van der Waals surface area contributed by atoms with Crippen molar-refractivity contribution in [3.8, 4) is 0 Å². The molecule has 0 unspecified atom stereocenters. The SMILES string of the molecule is CC(C)(C)C(=O)OC[C@@H]1C[C@@H]2C(=O)C=C[C@H]12. The summed E-state index contributed by atoms with van der Waals surface area (Å²) >= 11 is 0. The third-order valence-corrected chi connectivity index (χ3v) is 3.45. The van der Waals surface area contributed by atoms with Crippen molar-refractivity contribution in [2.75, 3.05) is 6.61 Å². The molecule has 0 bridgehead atoms. The Morgan fingerprint density at radius 3 is 2.75 bits per heavy atom. The molecule has 0 aromatic rings. The molecule has 0 amide bonds. The summed E-state index contributed by atoms with van der Waals surface area (Å²) in [5.74, 6) is 0.922. The molecule has 0 aromatic heterocycles. The van der Waals surface area contributed by atoms with Gasteiger partial charge >= 0.3 is 5.97 Å². The second-order valence-corrected chi connectivity index (χ2v) is 5.79. The van der Waals surface area contributed by atoms with Crippen LogP contribution >= 0.6 is 0 Å². The topological polar surface area (TPSA) is 43.4 Å². The number of carbonyl (C=O) groups excluding carboxylic acids is 2. The van der Waals surface area contributed by atoms with E-state index in [1.165, 1.54) is 0 Å². The van der Waals surface area contributed by atoms with Gasteiger partial charge in [-0.05, 0) is 39.2 Å². The summed E-state index contributed by atoms with van der Waals surface area (Å²) in [7, 11) is 0. The van der Waals surface area contributed by atoms with Crippen molar-refractivity contribution in [2.24, 2.45) is 23.2 Å². The average Bonchev–Trinajstić information content (AvgIpc) is 2.40. The molecule has 0 radical (unpaired) electrons. The zero-order valence-corrected chi connectivity index (χ0v) is 10.0. The molecule has 2 aliphatic rings. The molecule has 1 saturated carbocycles. The van der Waals surface area contributed by atoms with Crippen LogP contribution in [0.5, 0.6) is 0 Å². The molecule has 0 heterocycles. The van der Waals surface area contributed by atoms with Crippen molar-refractivity contribution in [3.05, 3.63) is 12.2 Å². The summed E-state index contributed by atoms with van der Waals surface area (Å²) < 4.78 is 5.27. The normalized spacial score (nSPS) is 32.2. The second kappa shape index (κ2) is 3.72. The van der Waals surface area contributed by atoms with Crippen molar-refractivity contribution in [2.45, 2.75) is 27.2 Å². The number of rotatable bonds is 2. The number of fused-ring (bicyclic) bond motifs is 1. The van der Waals surface area contributed by atoms with E-state index >= 15 is 0 Å². The van der Waals surface area contributed by atoms with Crippen LogP contribution in [-0.2, 0) is 14.3 Å². The van der Waals surface area contributed by atoms with Gasteiger partial charge in [-0.2, -0.15) is 0 Å². The number of allylic oxidation sites excluding steroid dienone is 2. The second-order valence-electron chi connectivity index (χ2n) is 5.79. The van der Waals surface area contributed by atoms with E-state index in [2.05, 4.69) is 0 Å². The quantitative estimate of drug-likeness (QED) is 0.671. The molecular formula is C13H18O3. The van der Waals surface area contributed by atoms with Gasteiger partial charge in [0.25, 0.3) is 0 Å². The standard InChI is InChI=1S/C13H18O3/c1-13(2,3)12(15)16-7-8-6-10-9(8)4-5-11(10)14/h4-5,8-10H,6-7H2,1-3H3/t8-,9+,10-/m0/s1. The van der Waals surface area contributed by atoms with E-state index in [1.54, 1.807) is 6.08 Å². The van der Waals surface area contributed by atoms with E-state index in [-0.39, 0.29) is 17.7 Å². The average molecular weight is 222 g/mol. The smallest absolute Gasteiger partial charge is 0.311 e. The zero-order valence-electron chi connectivity index (χ0n) is 10.0. The summed E-state index contributed by atoms with van der Waals surface area (Å²) in [5.41, 5.74) is -0.440. The summed E-state index contributed by atoms with van der Waals surface area (Å²) in [6.45, 7) is 5.99. The molecule has 3 atom stereocenters. The molecule has 0 N–H and O–H groups in total. The Morgan fingerprint density at radius 2 is 2.19 bits per heavy atom.